The van der Waals surface area contributed by atoms with E-state index in [2.05, 4.69) is 5.10 Å². The lowest BCUT2D eigenvalue weighted by atomic mass is 10.0. The van der Waals surface area contributed by atoms with Crippen molar-refractivity contribution >= 4 is 17.2 Å². The van der Waals surface area contributed by atoms with E-state index in [1.807, 2.05) is 20.8 Å². The number of rotatable bonds is 3. The highest BCUT2D eigenvalue weighted by atomic mass is 16.4. The van der Waals surface area contributed by atoms with E-state index in [9.17, 15) is 9.90 Å². The van der Waals surface area contributed by atoms with Gasteiger partial charge in [0.15, 0.2) is 0 Å². The first-order valence-electron chi connectivity index (χ1n) is 6.00. The molecule has 0 fully saturated rings. The third kappa shape index (κ3) is 1.72. The molecule has 18 heavy (non-hydrogen) atoms. The maximum Gasteiger partial charge on any atom is 0.339 e. The van der Waals surface area contributed by atoms with Gasteiger partial charge in [0.1, 0.15) is 5.56 Å². The van der Waals surface area contributed by atoms with Crippen molar-refractivity contribution in [2.24, 2.45) is 0 Å². The monoisotopic (exact) mass is 247 g/mol. The molecule has 0 radical (unpaired) electrons. The molecule has 2 aromatic rings. The molecular weight excluding hydrogens is 230 g/mol. The van der Waals surface area contributed by atoms with Crippen LogP contribution in [0.2, 0.25) is 0 Å². The Morgan fingerprint density at radius 3 is 2.72 bits per heavy atom. The Hall–Kier alpha value is -2.04. The highest BCUT2D eigenvalue weighted by Crippen LogP contribution is 2.28. The first-order valence-corrected chi connectivity index (χ1v) is 6.00. The van der Waals surface area contributed by atoms with Gasteiger partial charge in [-0.2, -0.15) is 5.10 Å². The van der Waals surface area contributed by atoms with Crippen LogP contribution in [-0.4, -0.2) is 20.7 Å². The number of aryl methyl sites for hydroxylation is 1. The van der Waals surface area contributed by atoms with Crippen LogP contribution in [0.1, 0.15) is 48.3 Å². The van der Waals surface area contributed by atoms with Crippen LogP contribution in [0.15, 0.2) is 12.3 Å². The van der Waals surface area contributed by atoms with E-state index in [1.165, 1.54) is 0 Å². The fourth-order valence-corrected chi connectivity index (χ4v) is 2.22. The molecule has 5 heteroatoms. The Balaban J connectivity index is 2.92. The number of carboxylic acids is 1. The number of hydrogen-bond donors (Lipinski definition) is 2. The van der Waals surface area contributed by atoms with Gasteiger partial charge in [-0.15, -0.1) is 0 Å². The minimum absolute atomic E-state index is 0.0573. The summed E-state index contributed by atoms with van der Waals surface area (Å²) in [5.41, 5.74) is 8.86. The summed E-state index contributed by atoms with van der Waals surface area (Å²) in [4.78, 5) is 11.5. The second kappa shape index (κ2) is 4.33. The minimum Gasteiger partial charge on any atom is -0.478 e. The molecule has 2 rings (SSSR count). The second-order valence-corrected chi connectivity index (χ2v) is 4.62. The molecule has 0 spiro atoms. The van der Waals surface area contributed by atoms with Crippen molar-refractivity contribution in [2.75, 3.05) is 5.73 Å². The average molecular weight is 247 g/mol. The van der Waals surface area contributed by atoms with Crippen molar-refractivity contribution in [1.29, 1.82) is 0 Å². The van der Waals surface area contributed by atoms with Crippen molar-refractivity contribution in [3.8, 4) is 0 Å². The van der Waals surface area contributed by atoms with Crippen molar-refractivity contribution < 1.29 is 9.90 Å². The molecule has 0 saturated carbocycles. The van der Waals surface area contributed by atoms with Crippen molar-refractivity contribution in [3.05, 3.63) is 29.1 Å². The number of carbonyl (C=O) groups is 1. The van der Waals surface area contributed by atoms with Crippen LogP contribution in [0.4, 0.5) is 5.69 Å². The Kier molecular flexibility index (Phi) is 2.98. The first kappa shape index (κ1) is 12.4. The Morgan fingerprint density at radius 1 is 1.56 bits per heavy atom. The molecule has 0 saturated heterocycles. The van der Waals surface area contributed by atoms with Gasteiger partial charge in [0.05, 0.1) is 11.2 Å². The standard InChI is InChI=1S/C13H17N3O2/c1-4-8-9(14)5-6-16-12(8)10(13(17)18)11(15-16)7(2)3/h5-7H,4,14H2,1-3H3,(H,17,18). The van der Waals surface area contributed by atoms with E-state index in [-0.39, 0.29) is 11.5 Å². The molecule has 96 valence electrons. The summed E-state index contributed by atoms with van der Waals surface area (Å²) in [6.45, 7) is 5.83. The fourth-order valence-electron chi connectivity index (χ4n) is 2.22. The van der Waals surface area contributed by atoms with Gasteiger partial charge in [0.2, 0.25) is 0 Å². The summed E-state index contributed by atoms with van der Waals surface area (Å²) in [7, 11) is 0. The average Bonchev–Trinajstić information content (AvgIpc) is 2.68. The molecule has 5 nitrogen and oxygen atoms in total. The largest absolute Gasteiger partial charge is 0.478 e. The number of aromatic carboxylic acids is 1. The second-order valence-electron chi connectivity index (χ2n) is 4.62. The van der Waals surface area contributed by atoms with Crippen LogP contribution in [-0.2, 0) is 6.42 Å². The highest BCUT2D eigenvalue weighted by Gasteiger charge is 2.23. The van der Waals surface area contributed by atoms with E-state index >= 15 is 0 Å². The molecule has 0 aliphatic rings. The Bertz CT molecular complexity index is 614. The van der Waals surface area contributed by atoms with Crippen molar-refractivity contribution in [1.82, 2.24) is 9.61 Å². The van der Waals surface area contributed by atoms with Gasteiger partial charge < -0.3 is 10.8 Å². The van der Waals surface area contributed by atoms with Crippen molar-refractivity contribution in [3.63, 3.8) is 0 Å². The van der Waals surface area contributed by atoms with Crippen LogP contribution in [0, 0.1) is 0 Å². The lowest BCUT2D eigenvalue weighted by Crippen LogP contribution is -2.04. The van der Waals surface area contributed by atoms with Gasteiger partial charge >= 0.3 is 5.97 Å². The smallest absolute Gasteiger partial charge is 0.339 e. The number of nitrogen functional groups attached to an aromatic ring is 1. The Labute approximate surface area is 105 Å². The number of pyridine rings is 1. The lowest BCUT2D eigenvalue weighted by Gasteiger charge is -2.06. The predicted molar refractivity (Wildman–Crippen MR) is 70.0 cm³/mol. The quantitative estimate of drug-likeness (QED) is 0.872. The van der Waals surface area contributed by atoms with Crippen LogP contribution >= 0.6 is 0 Å². The van der Waals surface area contributed by atoms with E-state index in [4.69, 9.17) is 5.73 Å². The maximum atomic E-state index is 11.5. The number of nitrogens with two attached hydrogens (primary N) is 1. The zero-order chi connectivity index (χ0) is 13.4. The summed E-state index contributed by atoms with van der Waals surface area (Å²) in [6.07, 6.45) is 2.39. The molecule has 2 heterocycles. The predicted octanol–water partition coefficient (Wildman–Crippen LogP) is 2.30. The summed E-state index contributed by atoms with van der Waals surface area (Å²) in [6, 6.07) is 1.76. The van der Waals surface area contributed by atoms with Crippen LogP contribution < -0.4 is 5.73 Å². The maximum absolute atomic E-state index is 11.5. The molecule has 0 atom stereocenters. The number of aromatic nitrogens is 2. The third-order valence-corrected chi connectivity index (χ3v) is 3.08. The number of fused-ring (bicyclic) bond motifs is 1. The first-order chi connectivity index (χ1) is 8.47. The zero-order valence-electron chi connectivity index (χ0n) is 10.8. The molecule has 0 unspecified atom stereocenters. The van der Waals surface area contributed by atoms with Gasteiger partial charge in [0, 0.05) is 17.4 Å². The summed E-state index contributed by atoms with van der Waals surface area (Å²) < 4.78 is 1.62. The van der Waals surface area contributed by atoms with Gasteiger partial charge in [-0.1, -0.05) is 20.8 Å². The van der Waals surface area contributed by atoms with E-state index in [1.54, 1.807) is 16.8 Å². The molecule has 3 N–H and O–H groups in total. The normalized spacial score (nSPS) is 11.3. The molecule has 0 aliphatic heterocycles. The SMILES string of the molecule is CCc1c(N)ccn2nc(C(C)C)c(C(=O)O)c12. The topological polar surface area (TPSA) is 80.6 Å². The molecule has 0 amide bonds. The summed E-state index contributed by atoms with van der Waals surface area (Å²) in [5.74, 6) is -0.893. The summed E-state index contributed by atoms with van der Waals surface area (Å²) in [5, 5.41) is 13.8. The van der Waals surface area contributed by atoms with Crippen LogP contribution in [0.3, 0.4) is 0 Å². The molecule has 0 aliphatic carbocycles. The van der Waals surface area contributed by atoms with Gasteiger partial charge in [-0.3, -0.25) is 0 Å². The van der Waals surface area contributed by atoms with Gasteiger partial charge in [-0.05, 0) is 18.4 Å². The number of hydrogen-bond acceptors (Lipinski definition) is 3. The molecule has 0 aromatic carbocycles. The molecular formula is C13H17N3O2. The number of anilines is 1. The lowest BCUT2D eigenvalue weighted by molar-refractivity contribution is 0.0697. The van der Waals surface area contributed by atoms with Gasteiger partial charge in [0.25, 0.3) is 0 Å². The number of nitrogens with zero attached hydrogens (tertiary/aromatic N) is 2. The van der Waals surface area contributed by atoms with E-state index < -0.39 is 5.97 Å². The molecule has 2 aromatic heterocycles. The summed E-state index contributed by atoms with van der Waals surface area (Å²) >= 11 is 0. The number of carboxylic acid groups (broad SMARTS) is 1. The highest BCUT2D eigenvalue weighted by molar-refractivity contribution is 5.99. The van der Waals surface area contributed by atoms with E-state index in [0.29, 0.717) is 23.3 Å². The zero-order valence-corrected chi connectivity index (χ0v) is 10.8. The van der Waals surface area contributed by atoms with Crippen LogP contribution in [0.25, 0.3) is 5.52 Å². The Morgan fingerprint density at radius 2 is 2.22 bits per heavy atom. The van der Waals surface area contributed by atoms with Gasteiger partial charge in [-0.25, -0.2) is 9.31 Å². The van der Waals surface area contributed by atoms with Crippen molar-refractivity contribution in [2.45, 2.75) is 33.1 Å². The molecule has 0 bridgehead atoms. The minimum atomic E-state index is -0.950. The third-order valence-electron chi connectivity index (χ3n) is 3.08. The van der Waals surface area contributed by atoms with Crippen LogP contribution in [0.5, 0.6) is 0 Å². The van der Waals surface area contributed by atoms with E-state index in [0.717, 1.165) is 5.56 Å². The fraction of sp³-hybridized carbons (Fsp3) is 0.385.